The lowest BCUT2D eigenvalue weighted by molar-refractivity contribution is 0.585. The summed E-state index contributed by atoms with van der Waals surface area (Å²) >= 11 is 0. The molecule has 3 rings (SSSR count). The van der Waals surface area contributed by atoms with Crippen LogP contribution in [0.5, 0.6) is 0 Å². The first-order chi connectivity index (χ1) is 10.2. The second kappa shape index (κ2) is 6.12. The quantitative estimate of drug-likeness (QED) is 0.847. The standard InChI is InChI=1S/C17H22N4/c1-2-14(10-12-8-9-12)19-16-11-15(18)20-17(21-16)13-6-4-3-5-7-13/h3-7,11-12,14H,2,8-10H2,1H3,(H3,18,19,20,21). The zero-order valence-electron chi connectivity index (χ0n) is 12.4. The summed E-state index contributed by atoms with van der Waals surface area (Å²) < 4.78 is 0. The Bertz CT molecular complexity index is 593. The summed E-state index contributed by atoms with van der Waals surface area (Å²) in [4.78, 5) is 8.95. The molecule has 4 heteroatoms. The van der Waals surface area contributed by atoms with E-state index in [1.54, 1.807) is 0 Å². The van der Waals surface area contributed by atoms with Crippen molar-refractivity contribution in [3.05, 3.63) is 36.4 Å². The van der Waals surface area contributed by atoms with Gasteiger partial charge >= 0.3 is 0 Å². The van der Waals surface area contributed by atoms with E-state index in [-0.39, 0.29) is 0 Å². The van der Waals surface area contributed by atoms with Crippen LogP contribution in [0.2, 0.25) is 0 Å². The monoisotopic (exact) mass is 282 g/mol. The molecule has 1 heterocycles. The average molecular weight is 282 g/mol. The van der Waals surface area contributed by atoms with Crippen LogP contribution in [-0.4, -0.2) is 16.0 Å². The van der Waals surface area contributed by atoms with Crippen LogP contribution in [0.1, 0.15) is 32.6 Å². The summed E-state index contributed by atoms with van der Waals surface area (Å²) in [5, 5.41) is 3.52. The third-order valence-electron chi connectivity index (χ3n) is 3.94. The van der Waals surface area contributed by atoms with E-state index in [4.69, 9.17) is 5.73 Å². The van der Waals surface area contributed by atoms with Gasteiger partial charge in [-0.2, -0.15) is 0 Å². The first-order valence-electron chi connectivity index (χ1n) is 7.71. The molecule has 1 fully saturated rings. The normalized spacial score (nSPS) is 15.7. The molecular weight excluding hydrogens is 260 g/mol. The van der Waals surface area contributed by atoms with E-state index < -0.39 is 0 Å². The molecule has 4 nitrogen and oxygen atoms in total. The van der Waals surface area contributed by atoms with Crippen molar-refractivity contribution >= 4 is 11.6 Å². The first kappa shape index (κ1) is 13.9. The summed E-state index contributed by atoms with van der Waals surface area (Å²) in [6.07, 6.45) is 5.07. The highest BCUT2D eigenvalue weighted by Gasteiger charge is 2.24. The molecule has 1 saturated carbocycles. The van der Waals surface area contributed by atoms with Crippen molar-refractivity contribution in [3.8, 4) is 11.4 Å². The van der Waals surface area contributed by atoms with Gasteiger partial charge in [-0.3, -0.25) is 0 Å². The fourth-order valence-corrected chi connectivity index (χ4v) is 2.55. The number of hydrogen-bond acceptors (Lipinski definition) is 4. The van der Waals surface area contributed by atoms with E-state index in [2.05, 4.69) is 22.2 Å². The van der Waals surface area contributed by atoms with Crippen molar-refractivity contribution < 1.29 is 0 Å². The van der Waals surface area contributed by atoms with Gasteiger partial charge in [-0.25, -0.2) is 9.97 Å². The largest absolute Gasteiger partial charge is 0.384 e. The summed E-state index contributed by atoms with van der Waals surface area (Å²) in [5.74, 6) is 2.91. The molecule has 2 aromatic rings. The van der Waals surface area contributed by atoms with Gasteiger partial charge in [0.05, 0.1) is 0 Å². The Morgan fingerprint density at radius 2 is 2.00 bits per heavy atom. The van der Waals surface area contributed by atoms with Crippen LogP contribution in [-0.2, 0) is 0 Å². The van der Waals surface area contributed by atoms with Gasteiger partial charge in [0.15, 0.2) is 5.82 Å². The minimum atomic E-state index is 0.468. The molecule has 110 valence electrons. The SMILES string of the molecule is CCC(CC1CC1)Nc1cc(N)nc(-c2ccccc2)n1. The molecule has 1 aliphatic carbocycles. The summed E-state index contributed by atoms with van der Waals surface area (Å²) in [6.45, 7) is 2.21. The van der Waals surface area contributed by atoms with Gasteiger partial charge in [0.1, 0.15) is 11.6 Å². The van der Waals surface area contributed by atoms with Gasteiger partial charge in [-0.1, -0.05) is 50.1 Å². The molecule has 3 N–H and O–H groups in total. The molecule has 0 aliphatic heterocycles. The number of anilines is 2. The fourth-order valence-electron chi connectivity index (χ4n) is 2.55. The van der Waals surface area contributed by atoms with E-state index in [1.165, 1.54) is 19.3 Å². The Labute approximate surface area is 125 Å². The van der Waals surface area contributed by atoms with E-state index in [0.717, 1.165) is 23.7 Å². The van der Waals surface area contributed by atoms with E-state index >= 15 is 0 Å². The maximum atomic E-state index is 5.94. The number of nitrogens with two attached hydrogens (primary N) is 1. The second-order valence-electron chi connectivity index (χ2n) is 5.80. The summed E-state index contributed by atoms with van der Waals surface area (Å²) in [7, 11) is 0. The van der Waals surface area contributed by atoms with Crippen LogP contribution < -0.4 is 11.1 Å². The number of nitrogens with one attached hydrogen (secondary N) is 1. The van der Waals surface area contributed by atoms with Gasteiger partial charge in [0.2, 0.25) is 0 Å². The highest BCUT2D eigenvalue weighted by atomic mass is 15.1. The van der Waals surface area contributed by atoms with Gasteiger partial charge in [-0.15, -0.1) is 0 Å². The van der Waals surface area contributed by atoms with Crippen LogP contribution in [0.15, 0.2) is 36.4 Å². The zero-order chi connectivity index (χ0) is 14.7. The predicted molar refractivity (Wildman–Crippen MR) is 86.9 cm³/mol. The van der Waals surface area contributed by atoms with Crippen molar-refractivity contribution in [2.24, 2.45) is 5.92 Å². The van der Waals surface area contributed by atoms with Crippen molar-refractivity contribution in [2.75, 3.05) is 11.1 Å². The summed E-state index contributed by atoms with van der Waals surface area (Å²) in [6, 6.07) is 12.2. The number of benzene rings is 1. The molecule has 1 aromatic heterocycles. The lowest BCUT2D eigenvalue weighted by Crippen LogP contribution is -2.20. The first-order valence-corrected chi connectivity index (χ1v) is 7.71. The van der Waals surface area contributed by atoms with Gasteiger partial charge < -0.3 is 11.1 Å². The molecule has 0 amide bonds. The minimum Gasteiger partial charge on any atom is -0.384 e. The maximum absolute atomic E-state index is 5.94. The Kier molecular flexibility index (Phi) is 4.04. The second-order valence-corrected chi connectivity index (χ2v) is 5.80. The Balaban J connectivity index is 1.80. The highest BCUT2D eigenvalue weighted by molar-refractivity contribution is 5.60. The van der Waals surface area contributed by atoms with E-state index in [9.17, 15) is 0 Å². The smallest absolute Gasteiger partial charge is 0.163 e. The molecule has 0 spiro atoms. The van der Waals surface area contributed by atoms with Crippen LogP contribution in [0.3, 0.4) is 0 Å². The van der Waals surface area contributed by atoms with Crippen LogP contribution >= 0.6 is 0 Å². The van der Waals surface area contributed by atoms with Gasteiger partial charge in [-0.05, 0) is 18.8 Å². The van der Waals surface area contributed by atoms with Crippen molar-refractivity contribution in [1.29, 1.82) is 0 Å². The molecule has 0 radical (unpaired) electrons. The molecule has 1 aromatic carbocycles. The third-order valence-corrected chi connectivity index (χ3v) is 3.94. The molecule has 1 atom stereocenters. The minimum absolute atomic E-state index is 0.468. The van der Waals surface area contributed by atoms with Gasteiger partial charge in [0.25, 0.3) is 0 Å². The Hall–Kier alpha value is -2.10. The number of nitrogens with zero attached hydrogens (tertiary/aromatic N) is 2. The maximum Gasteiger partial charge on any atom is 0.163 e. The fraction of sp³-hybridized carbons (Fsp3) is 0.412. The average Bonchev–Trinajstić information content (AvgIpc) is 3.31. The third kappa shape index (κ3) is 3.72. The molecule has 1 unspecified atom stereocenters. The molecule has 1 aliphatic rings. The summed E-state index contributed by atoms with van der Waals surface area (Å²) in [5.41, 5.74) is 6.93. The van der Waals surface area contributed by atoms with Crippen LogP contribution in [0.4, 0.5) is 11.6 Å². The number of nitrogen functional groups attached to an aromatic ring is 1. The van der Waals surface area contributed by atoms with E-state index in [0.29, 0.717) is 17.7 Å². The van der Waals surface area contributed by atoms with Crippen LogP contribution in [0, 0.1) is 5.92 Å². The molecule has 0 saturated heterocycles. The van der Waals surface area contributed by atoms with Crippen molar-refractivity contribution in [1.82, 2.24) is 9.97 Å². The lowest BCUT2D eigenvalue weighted by atomic mass is 10.1. The predicted octanol–water partition coefficient (Wildman–Crippen LogP) is 3.72. The Morgan fingerprint density at radius 1 is 1.24 bits per heavy atom. The number of rotatable bonds is 6. The molecule has 21 heavy (non-hydrogen) atoms. The van der Waals surface area contributed by atoms with E-state index in [1.807, 2.05) is 36.4 Å². The molecular formula is C17H22N4. The van der Waals surface area contributed by atoms with Gasteiger partial charge in [0, 0.05) is 17.7 Å². The van der Waals surface area contributed by atoms with Crippen LogP contribution in [0.25, 0.3) is 11.4 Å². The molecule has 0 bridgehead atoms. The zero-order valence-corrected chi connectivity index (χ0v) is 12.4. The number of hydrogen-bond donors (Lipinski definition) is 2. The topological polar surface area (TPSA) is 63.8 Å². The number of aromatic nitrogens is 2. The highest BCUT2D eigenvalue weighted by Crippen LogP contribution is 2.34. The lowest BCUT2D eigenvalue weighted by Gasteiger charge is -2.18. The van der Waals surface area contributed by atoms with Crippen molar-refractivity contribution in [3.63, 3.8) is 0 Å². The Morgan fingerprint density at radius 3 is 2.67 bits per heavy atom. The van der Waals surface area contributed by atoms with Crippen molar-refractivity contribution in [2.45, 2.75) is 38.6 Å².